The lowest BCUT2D eigenvalue weighted by atomic mass is 9.96. The number of Topliss-reactive ketones (excluding diaryl/α,β-unsaturated/α-hetero) is 1. The molecular weight excluding hydrogens is 316 g/mol. The van der Waals surface area contributed by atoms with Crippen LogP contribution in [0.15, 0.2) is 36.4 Å². The van der Waals surface area contributed by atoms with Crippen LogP contribution in [-0.4, -0.2) is 39.9 Å². The predicted octanol–water partition coefficient (Wildman–Crippen LogP) is 4.21. The molecule has 1 aromatic carbocycles. The molecule has 0 saturated carbocycles. The first-order valence-corrected chi connectivity index (χ1v) is 8.75. The van der Waals surface area contributed by atoms with E-state index >= 15 is 0 Å². The number of fused-ring (bicyclic) bond motifs is 1. The molecule has 132 valence electrons. The number of nitrogens with zero attached hydrogens (tertiary/aromatic N) is 2. The average molecular weight is 340 g/mol. The molecule has 1 saturated heterocycles. The Bertz CT molecular complexity index is 795. The van der Waals surface area contributed by atoms with Crippen molar-refractivity contribution in [2.75, 3.05) is 6.54 Å². The maximum atomic E-state index is 13.0. The van der Waals surface area contributed by atoms with E-state index in [0.29, 0.717) is 18.7 Å². The zero-order valence-corrected chi connectivity index (χ0v) is 15.0. The summed E-state index contributed by atoms with van der Waals surface area (Å²) < 4.78 is 5.48. The fourth-order valence-electron chi connectivity index (χ4n) is 3.12. The van der Waals surface area contributed by atoms with E-state index < -0.39 is 17.7 Å². The van der Waals surface area contributed by atoms with Gasteiger partial charge in [-0.25, -0.2) is 9.78 Å². The quantitative estimate of drug-likeness (QED) is 0.769. The molecule has 5 nitrogen and oxygen atoms in total. The molecule has 2 heterocycles. The average Bonchev–Trinajstić information content (AvgIpc) is 2.59. The van der Waals surface area contributed by atoms with Gasteiger partial charge in [-0.05, 0) is 52.2 Å². The highest BCUT2D eigenvalue weighted by Crippen LogP contribution is 2.23. The Balaban J connectivity index is 1.85. The molecule has 0 aliphatic carbocycles. The second kappa shape index (κ2) is 6.82. The van der Waals surface area contributed by atoms with E-state index in [9.17, 15) is 9.59 Å². The first-order chi connectivity index (χ1) is 11.8. The summed E-state index contributed by atoms with van der Waals surface area (Å²) in [5, 5.41) is 0.992. The number of aromatic nitrogens is 1. The number of amides is 1. The zero-order valence-electron chi connectivity index (χ0n) is 15.0. The number of ketones is 1. The standard InChI is InChI=1S/C20H24N2O3/c1-20(2,3)25-19(24)22-13-7-6-10-17(22)18(23)16-12-11-14-8-4-5-9-15(14)21-16/h4-5,8-9,11-12,17H,6-7,10,13H2,1-3H3. The molecule has 25 heavy (non-hydrogen) atoms. The molecule has 1 aromatic heterocycles. The van der Waals surface area contributed by atoms with Crippen molar-refractivity contribution in [3.05, 3.63) is 42.1 Å². The van der Waals surface area contributed by atoms with Crippen LogP contribution < -0.4 is 0 Å². The van der Waals surface area contributed by atoms with E-state index in [1.54, 1.807) is 11.0 Å². The number of carbonyl (C=O) groups excluding carboxylic acids is 2. The molecule has 5 heteroatoms. The monoisotopic (exact) mass is 340 g/mol. The molecule has 1 fully saturated rings. The lowest BCUT2D eigenvalue weighted by molar-refractivity contribution is 0.0104. The number of piperidine rings is 1. The molecule has 1 aliphatic rings. The topological polar surface area (TPSA) is 59.5 Å². The molecule has 2 aromatic rings. The third kappa shape index (κ3) is 3.98. The molecule has 0 bridgehead atoms. The van der Waals surface area contributed by atoms with Crippen LogP contribution in [0.3, 0.4) is 0 Å². The summed E-state index contributed by atoms with van der Waals surface area (Å²) in [4.78, 5) is 31.6. The molecule has 1 unspecified atom stereocenters. The second-order valence-electron chi connectivity index (χ2n) is 7.44. The van der Waals surface area contributed by atoms with Gasteiger partial charge in [0.05, 0.1) is 5.52 Å². The summed E-state index contributed by atoms with van der Waals surface area (Å²) in [6, 6.07) is 10.8. The van der Waals surface area contributed by atoms with Gasteiger partial charge in [-0.1, -0.05) is 24.3 Å². The van der Waals surface area contributed by atoms with Crippen molar-refractivity contribution in [3.63, 3.8) is 0 Å². The molecule has 1 atom stereocenters. The molecule has 0 radical (unpaired) electrons. The van der Waals surface area contributed by atoms with Gasteiger partial charge in [0.2, 0.25) is 5.78 Å². The number of hydrogen-bond acceptors (Lipinski definition) is 4. The third-order valence-corrected chi connectivity index (χ3v) is 4.28. The number of hydrogen-bond donors (Lipinski definition) is 0. The van der Waals surface area contributed by atoms with Crippen molar-refractivity contribution in [1.82, 2.24) is 9.88 Å². The fraction of sp³-hybridized carbons (Fsp3) is 0.450. The number of likely N-dealkylation sites (tertiary alicyclic amines) is 1. The van der Waals surface area contributed by atoms with Crippen LogP contribution in [0.2, 0.25) is 0 Å². The Morgan fingerprint density at radius 2 is 1.88 bits per heavy atom. The largest absolute Gasteiger partial charge is 0.444 e. The first kappa shape index (κ1) is 17.4. The van der Waals surface area contributed by atoms with Gasteiger partial charge in [-0.2, -0.15) is 0 Å². The summed E-state index contributed by atoms with van der Waals surface area (Å²) in [6.45, 7) is 6.03. The van der Waals surface area contributed by atoms with E-state index in [1.807, 2.05) is 51.1 Å². The van der Waals surface area contributed by atoms with Crippen molar-refractivity contribution in [2.45, 2.75) is 51.7 Å². The predicted molar refractivity (Wildman–Crippen MR) is 96.7 cm³/mol. The number of para-hydroxylation sites is 1. The summed E-state index contributed by atoms with van der Waals surface area (Å²) >= 11 is 0. The van der Waals surface area contributed by atoms with Crippen LogP contribution >= 0.6 is 0 Å². The van der Waals surface area contributed by atoms with Gasteiger partial charge >= 0.3 is 6.09 Å². The Hall–Kier alpha value is -2.43. The summed E-state index contributed by atoms with van der Waals surface area (Å²) in [5.41, 5.74) is 0.607. The number of carbonyl (C=O) groups is 2. The SMILES string of the molecule is CC(C)(C)OC(=O)N1CCCCC1C(=O)c1ccc2ccccc2n1. The third-order valence-electron chi connectivity index (χ3n) is 4.28. The van der Waals surface area contributed by atoms with Gasteiger partial charge in [0.1, 0.15) is 17.3 Å². The lowest BCUT2D eigenvalue weighted by Crippen LogP contribution is -2.49. The van der Waals surface area contributed by atoms with Crippen molar-refractivity contribution < 1.29 is 14.3 Å². The molecule has 0 spiro atoms. The summed E-state index contributed by atoms with van der Waals surface area (Å²) in [7, 11) is 0. The Labute approximate surface area is 148 Å². The molecule has 1 amide bonds. The van der Waals surface area contributed by atoms with Gasteiger partial charge in [-0.15, -0.1) is 0 Å². The first-order valence-electron chi connectivity index (χ1n) is 8.75. The van der Waals surface area contributed by atoms with Crippen LogP contribution in [0, 0.1) is 0 Å². The molecule has 0 N–H and O–H groups in total. The maximum Gasteiger partial charge on any atom is 0.410 e. The minimum absolute atomic E-state index is 0.115. The van der Waals surface area contributed by atoms with Crippen LogP contribution in [0.1, 0.15) is 50.5 Å². The minimum atomic E-state index is -0.580. The van der Waals surface area contributed by atoms with E-state index in [1.165, 1.54) is 0 Å². The van der Waals surface area contributed by atoms with E-state index in [-0.39, 0.29) is 5.78 Å². The zero-order chi connectivity index (χ0) is 18.0. The van der Waals surface area contributed by atoms with Crippen LogP contribution in [0.5, 0.6) is 0 Å². The summed E-state index contributed by atoms with van der Waals surface area (Å²) in [5.74, 6) is -0.115. The number of pyridine rings is 1. The highest BCUT2D eigenvalue weighted by Gasteiger charge is 2.35. The Morgan fingerprint density at radius 3 is 2.64 bits per heavy atom. The van der Waals surface area contributed by atoms with Gasteiger partial charge in [0.15, 0.2) is 0 Å². The number of rotatable bonds is 2. The van der Waals surface area contributed by atoms with Crippen molar-refractivity contribution in [2.24, 2.45) is 0 Å². The highest BCUT2D eigenvalue weighted by molar-refractivity contribution is 6.01. The van der Waals surface area contributed by atoms with E-state index in [0.717, 1.165) is 23.7 Å². The molecular formula is C20H24N2O3. The van der Waals surface area contributed by atoms with Gasteiger partial charge in [-0.3, -0.25) is 9.69 Å². The molecule has 1 aliphatic heterocycles. The lowest BCUT2D eigenvalue weighted by Gasteiger charge is -2.35. The van der Waals surface area contributed by atoms with Crippen molar-refractivity contribution >= 4 is 22.8 Å². The highest BCUT2D eigenvalue weighted by atomic mass is 16.6. The van der Waals surface area contributed by atoms with Crippen molar-refractivity contribution in [3.8, 4) is 0 Å². The Kier molecular flexibility index (Phi) is 4.75. The second-order valence-corrected chi connectivity index (χ2v) is 7.44. The minimum Gasteiger partial charge on any atom is -0.444 e. The summed E-state index contributed by atoms with van der Waals surface area (Å²) in [6.07, 6.45) is 2.02. The van der Waals surface area contributed by atoms with Gasteiger partial charge in [0, 0.05) is 11.9 Å². The van der Waals surface area contributed by atoms with E-state index in [4.69, 9.17) is 4.74 Å². The van der Waals surface area contributed by atoms with Crippen molar-refractivity contribution in [1.29, 1.82) is 0 Å². The normalized spacial score (nSPS) is 18.2. The fourth-order valence-corrected chi connectivity index (χ4v) is 3.12. The smallest absolute Gasteiger partial charge is 0.410 e. The number of ether oxygens (including phenoxy) is 1. The molecule has 3 rings (SSSR count). The van der Waals surface area contributed by atoms with Crippen LogP contribution in [0.4, 0.5) is 4.79 Å². The van der Waals surface area contributed by atoms with Gasteiger partial charge in [0.25, 0.3) is 0 Å². The Morgan fingerprint density at radius 1 is 1.12 bits per heavy atom. The maximum absolute atomic E-state index is 13.0. The van der Waals surface area contributed by atoms with Gasteiger partial charge < -0.3 is 4.74 Å². The van der Waals surface area contributed by atoms with Crippen LogP contribution in [-0.2, 0) is 4.74 Å². The van der Waals surface area contributed by atoms with E-state index in [2.05, 4.69) is 4.98 Å². The number of benzene rings is 1. The van der Waals surface area contributed by atoms with Crippen LogP contribution in [0.25, 0.3) is 10.9 Å².